The van der Waals surface area contributed by atoms with Gasteiger partial charge in [0.2, 0.25) is 0 Å². The summed E-state index contributed by atoms with van der Waals surface area (Å²) < 4.78 is 0. The highest BCUT2D eigenvalue weighted by atomic mass is 35.5. The quantitative estimate of drug-likeness (QED) is 0.0805. The second kappa shape index (κ2) is 21.8. The molecular weight excluding hydrogens is 819 g/mol. The van der Waals surface area contributed by atoms with Crippen molar-refractivity contribution < 1.29 is 19.8 Å². The van der Waals surface area contributed by atoms with Crippen LogP contribution in [0.3, 0.4) is 0 Å². The zero-order valence-electron chi connectivity index (χ0n) is 34.5. The van der Waals surface area contributed by atoms with Crippen molar-refractivity contribution in [3.63, 3.8) is 0 Å². The molecule has 2 aliphatic carbocycles. The van der Waals surface area contributed by atoms with Crippen LogP contribution in [-0.2, 0) is 12.8 Å². The van der Waals surface area contributed by atoms with Gasteiger partial charge in [0.1, 0.15) is 11.4 Å². The third-order valence-corrected chi connectivity index (χ3v) is 11.8. The van der Waals surface area contributed by atoms with E-state index in [0.717, 1.165) is 120 Å². The van der Waals surface area contributed by atoms with Gasteiger partial charge in [-0.3, -0.25) is 19.8 Å². The summed E-state index contributed by atoms with van der Waals surface area (Å²) in [5, 5.41) is 41.9. The number of allylic oxidation sites excluding steroid dienone is 2. The first kappa shape index (κ1) is 44.3. The Kier molecular flexibility index (Phi) is 15.6. The molecule has 0 radical (unpaired) electrons. The number of hydrogen-bond donors (Lipinski definition) is 6. The van der Waals surface area contributed by atoms with Gasteiger partial charge in [-0.1, -0.05) is 121 Å². The van der Waals surface area contributed by atoms with E-state index in [4.69, 9.17) is 23.2 Å². The van der Waals surface area contributed by atoms with E-state index in [1.165, 1.54) is 0 Å². The molecule has 12 heteroatoms. The van der Waals surface area contributed by atoms with E-state index in [1.54, 1.807) is 0 Å². The van der Waals surface area contributed by atoms with Crippen molar-refractivity contribution in [1.82, 2.24) is 31.0 Å². The molecule has 62 heavy (non-hydrogen) atoms. The first-order chi connectivity index (χ1) is 30.3. The number of aliphatic hydroxyl groups is 2. The Morgan fingerprint density at radius 3 is 1.35 bits per heavy atom. The third-order valence-electron chi connectivity index (χ3n) is 11.3. The van der Waals surface area contributed by atoms with E-state index in [2.05, 4.69) is 43.2 Å². The number of aromatic amines is 2. The third kappa shape index (κ3) is 11.4. The predicted molar refractivity (Wildman–Crippen MR) is 248 cm³/mol. The highest BCUT2D eigenvalue weighted by molar-refractivity contribution is 6.31. The Hall–Kier alpha value is -5.78. The summed E-state index contributed by atoms with van der Waals surface area (Å²) in [6, 6.07) is 33.5. The minimum atomic E-state index is -0.470. The fourth-order valence-corrected chi connectivity index (χ4v) is 8.52. The number of benzene rings is 4. The van der Waals surface area contributed by atoms with Crippen molar-refractivity contribution in [1.29, 1.82) is 0 Å². The molecule has 2 aliphatic rings. The summed E-state index contributed by atoms with van der Waals surface area (Å²) in [6.07, 6.45) is 14.0. The molecule has 2 aromatic heterocycles. The smallest absolute Gasteiger partial charge is 0.270 e. The van der Waals surface area contributed by atoms with Crippen LogP contribution in [0.4, 0.5) is 0 Å². The molecule has 2 amide bonds. The summed E-state index contributed by atoms with van der Waals surface area (Å²) >= 11 is 12.3. The van der Waals surface area contributed by atoms with Gasteiger partial charge in [-0.15, -0.1) is 0 Å². The summed E-state index contributed by atoms with van der Waals surface area (Å²) in [5.41, 5.74) is 10.5. The molecule has 320 valence electrons. The van der Waals surface area contributed by atoms with Gasteiger partial charge in [-0.05, 0) is 121 Å². The standard InChI is InChI=1S/2C25H26ClN3O2/c2*26-20-12-7-8-17(15-20)14-19-11-5-2-6-13-21-23(19)28-29-24(21)25(31)27-22(16-30)18-9-3-1-4-10-18/h2*1,3-4,7-10,12,14-15,22,30H,2,5-6,11,13,16H2,(H,27,31)(H,28,29)/b2*19-14+/t2*22-/m10/s1. The number of aromatic nitrogens is 4. The molecule has 10 nitrogen and oxygen atoms in total. The van der Waals surface area contributed by atoms with Crippen LogP contribution in [0.25, 0.3) is 23.3 Å². The minimum absolute atomic E-state index is 0.175. The SMILES string of the molecule is O=C(N[C@@H](CO)c1ccccc1)c1[nH]nc2c1CCCCC/C2=C\c1cccc(Cl)c1.O=C(N[C@H](CO)c1ccccc1)c1[nH]nc2c1CCCCC/C2=C\c1cccc(Cl)c1. The van der Waals surface area contributed by atoms with Crippen molar-refractivity contribution in [2.45, 2.75) is 76.3 Å². The average molecular weight is 872 g/mol. The van der Waals surface area contributed by atoms with Crippen LogP contribution >= 0.6 is 23.2 Å². The van der Waals surface area contributed by atoms with Crippen LogP contribution in [-0.4, -0.2) is 55.6 Å². The van der Waals surface area contributed by atoms with E-state index in [0.29, 0.717) is 21.4 Å². The summed E-state index contributed by atoms with van der Waals surface area (Å²) in [7, 11) is 0. The van der Waals surface area contributed by atoms with Crippen molar-refractivity contribution in [3.05, 3.63) is 175 Å². The highest BCUT2D eigenvalue weighted by Gasteiger charge is 2.26. The molecule has 0 unspecified atom stereocenters. The van der Waals surface area contributed by atoms with E-state index >= 15 is 0 Å². The lowest BCUT2D eigenvalue weighted by molar-refractivity contribution is 0.0903. The van der Waals surface area contributed by atoms with Crippen LogP contribution in [0, 0.1) is 0 Å². The lowest BCUT2D eigenvalue weighted by Crippen LogP contribution is -2.31. The number of fused-ring (bicyclic) bond motifs is 2. The van der Waals surface area contributed by atoms with Gasteiger partial charge < -0.3 is 20.8 Å². The molecule has 0 saturated heterocycles. The summed E-state index contributed by atoms with van der Waals surface area (Å²) in [4.78, 5) is 26.2. The summed E-state index contributed by atoms with van der Waals surface area (Å²) in [6.45, 7) is -0.349. The van der Waals surface area contributed by atoms with Crippen molar-refractivity contribution >= 4 is 58.3 Å². The topological polar surface area (TPSA) is 156 Å². The summed E-state index contributed by atoms with van der Waals surface area (Å²) in [5.74, 6) is -0.501. The lowest BCUT2D eigenvalue weighted by Gasteiger charge is -2.17. The Bertz CT molecular complexity index is 2320. The Morgan fingerprint density at radius 1 is 0.565 bits per heavy atom. The first-order valence-corrected chi connectivity index (χ1v) is 22.1. The maximum absolute atomic E-state index is 13.1. The Labute approximate surface area is 372 Å². The van der Waals surface area contributed by atoms with Crippen LogP contribution in [0.1, 0.15) is 129 Å². The molecule has 0 spiro atoms. The van der Waals surface area contributed by atoms with Gasteiger partial charge in [0, 0.05) is 21.2 Å². The number of aliphatic hydroxyl groups excluding tert-OH is 2. The molecule has 4 aromatic carbocycles. The molecule has 0 saturated carbocycles. The van der Waals surface area contributed by atoms with Crippen molar-refractivity contribution in [3.8, 4) is 0 Å². The van der Waals surface area contributed by atoms with Gasteiger partial charge in [0.25, 0.3) is 11.8 Å². The van der Waals surface area contributed by atoms with Crippen LogP contribution < -0.4 is 10.6 Å². The van der Waals surface area contributed by atoms with Crippen molar-refractivity contribution in [2.24, 2.45) is 0 Å². The molecule has 0 fully saturated rings. The largest absolute Gasteiger partial charge is 0.394 e. The van der Waals surface area contributed by atoms with E-state index < -0.39 is 12.1 Å². The average Bonchev–Trinajstić information content (AvgIpc) is 3.89. The Balaban J connectivity index is 0.000000186. The highest BCUT2D eigenvalue weighted by Crippen LogP contribution is 2.33. The molecule has 8 rings (SSSR count). The minimum Gasteiger partial charge on any atom is -0.394 e. The maximum atomic E-state index is 13.1. The monoisotopic (exact) mass is 870 g/mol. The first-order valence-electron chi connectivity index (χ1n) is 21.3. The number of carbonyl (C=O) groups excluding carboxylic acids is 2. The lowest BCUT2D eigenvalue weighted by atomic mass is 9.92. The van der Waals surface area contributed by atoms with E-state index in [1.807, 2.05) is 109 Å². The fraction of sp³-hybridized carbons (Fsp3) is 0.280. The van der Waals surface area contributed by atoms with E-state index in [-0.39, 0.29) is 25.0 Å². The van der Waals surface area contributed by atoms with Gasteiger partial charge in [-0.2, -0.15) is 10.2 Å². The Morgan fingerprint density at radius 2 is 0.968 bits per heavy atom. The van der Waals surface area contributed by atoms with Gasteiger partial charge in [-0.25, -0.2) is 0 Å². The number of nitrogens with zero attached hydrogens (tertiary/aromatic N) is 2. The van der Waals surface area contributed by atoms with Gasteiger partial charge in [0.05, 0.1) is 36.7 Å². The maximum Gasteiger partial charge on any atom is 0.270 e. The zero-order chi connectivity index (χ0) is 43.3. The van der Waals surface area contributed by atoms with Crippen molar-refractivity contribution in [2.75, 3.05) is 13.2 Å². The molecule has 0 aliphatic heterocycles. The number of amides is 2. The molecule has 6 aromatic rings. The zero-order valence-corrected chi connectivity index (χ0v) is 36.1. The number of halogens is 2. The fourth-order valence-electron chi connectivity index (χ4n) is 8.13. The van der Waals surface area contributed by atoms with Crippen LogP contribution in [0.2, 0.25) is 10.0 Å². The van der Waals surface area contributed by atoms with Gasteiger partial charge in [0.15, 0.2) is 0 Å². The normalized spacial score (nSPS) is 16.3. The number of rotatable bonds is 10. The molecule has 2 heterocycles. The van der Waals surface area contributed by atoms with Crippen LogP contribution in [0.15, 0.2) is 109 Å². The number of H-pyrrole nitrogens is 2. The van der Waals surface area contributed by atoms with Gasteiger partial charge >= 0.3 is 0 Å². The van der Waals surface area contributed by atoms with E-state index in [9.17, 15) is 19.8 Å². The predicted octanol–water partition coefficient (Wildman–Crippen LogP) is 10.4. The second-order valence-electron chi connectivity index (χ2n) is 15.7. The number of hydrogen-bond acceptors (Lipinski definition) is 6. The molecule has 2 atom stereocenters. The second-order valence-corrected chi connectivity index (χ2v) is 16.5. The molecular formula is C50H52Cl2N6O4. The molecule has 0 bridgehead atoms. The molecule has 6 N–H and O–H groups in total. The van der Waals surface area contributed by atoms with Crippen LogP contribution in [0.5, 0.6) is 0 Å². The number of nitrogens with one attached hydrogen (secondary N) is 4. The number of carbonyl (C=O) groups is 2.